The fraction of sp³-hybridized carbons (Fsp3) is 1.00. The van der Waals surface area contributed by atoms with Gasteiger partial charge in [0.25, 0.3) is 0 Å². The molecule has 2 rings (SSSR count). The van der Waals surface area contributed by atoms with Crippen molar-refractivity contribution in [3.63, 3.8) is 0 Å². The van der Waals surface area contributed by atoms with Crippen LogP contribution in [0.15, 0.2) is 0 Å². The fourth-order valence-corrected chi connectivity index (χ4v) is 3.31. The van der Waals surface area contributed by atoms with Gasteiger partial charge in [0, 0.05) is 17.8 Å². The number of thioether (sulfide) groups is 1. The van der Waals surface area contributed by atoms with E-state index in [1.807, 2.05) is 0 Å². The van der Waals surface area contributed by atoms with Gasteiger partial charge < -0.3 is 5.32 Å². The van der Waals surface area contributed by atoms with Gasteiger partial charge >= 0.3 is 0 Å². The highest BCUT2D eigenvalue weighted by Gasteiger charge is 2.33. The minimum atomic E-state index is 0.587. The first-order valence-corrected chi connectivity index (χ1v) is 5.90. The summed E-state index contributed by atoms with van der Waals surface area (Å²) >= 11 is 2.11. The molecular weight excluding hydrogens is 154 g/mol. The number of nitrogens with one attached hydrogen (secondary N) is 1. The lowest BCUT2D eigenvalue weighted by molar-refractivity contribution is 0.336. The van der Waals surface area contributed by atoms with Gasteiger partial charge in [-0.05, 0) is 25.0 Å². The maximum absolute atomic E-state index is 3.74. The standard InChI is InChI=1S/C9H17NS/c1-2-4-9(3-1)5-7-11-8-6-10-9/h10H,1-8H2. The van der Waals surface area contributed by atoms with E-state index in [0.29, 0.717) is 5.54 Å². The van der Waals surface area contributed by atoms with Crippen LogP contribution in [0.25, 0.3) is 0 Å². The van der Waals surface area contributed by atoms with E-state index in [4.69, 9.17) is 0 Å². The lowest BCUT2D eigenvalue weighted by atomic mass is 9.94. The first-order valence-electron chi connectivity index (χ1n) is 4.74. The van der Waals surface area contributed by atoms with Crippen LogP contribution in [-0.4, -0.2) is 23.6 Å². The minimum absolute atomic E-state index is 0.587. The summed E-state index contributed by atoms with van der Waals surface area (Å²) in [5.74, 6) is 2.70. The molecule has 0 aromatic rings. The second-order valence-electron chi connectivity index (χ2n) is 3.78. The largest absolute Gasteiger partial charge is 0.310 e. The summed E-state index contributed by atoms with van der Waals surface area (Å²) in [4.78, 5) is 0. The average Bonchev–Trinajstić information content (AvgIpc) is 2.32. The van der Waals surface area contributed by atoms with Crippen LogP contribution in [0.4, 0.5) is 0 Å². The van der Waals surface area contributed by atoms with E-state index in [-0.39, 0.29) is 0 Å². The molecule has 1 nitrogen and oxygen atoms in total. The minimum Gasteiger partial charge on any atom is -0.310 e. The number of hydrogen-bond donors (Lipinski definition) is 1. The molecule has 1 aliphatic heterocycles. The van der Waals surface area contributed by atoms with E-state index < -0.39 is 0 Å². The van der Waals surface area contributed by atoms with Gasteiger partial charge in [0.2, 0.25) is 0 Å². The summed E-state index contributed by atoms with van der Waals surface area (Å²) in [6, 6.07) is 0. The number of hydrogen-bond acceptors (Lipinski definition) is 2. The highest BCUT2D eigenvalue weighted by molar-refractivity contribution is 7.99. The molecule has 2 aliphatic rings. The maximum Gasteiger partial charge on any atom is 0.0189 e. The van der Waals surface area contributed by atoms with Crippen LogP contribution in [0, 0.1) is 0 Å². The van der Waals surface area contributed by atoms with Crippen molar-refractivity contribution in [2.24, 2.45) is 0 Å². The Kier molecular flexibility index (Phi) is 2.42. The van der Waals surface area contributed by atoms with E-state index in [1.165, 1.54) is 50.2 Å². The predicted octanol–water partition coefficient (Wildman–Crippen LogP) is 2.03. The molecule has 0 bridgehead atoms. The van der Waals surface area contributed by atoms with Crippen molar-refractivity contribution in [3.05, 3.63) is 0 Å². The van der Waals surface area contributed by atoms with E-state index in [1.54, 1.807) is 0 Å². The third kappa shape index (κ3) is 1.73. The van der Waals surface area contributed by atoms with Crippen LogP contribution < -0.4 is 5.32 Å². The Labute approximate surface area is 73.3 Å². The average molecular weight is 171 g/mol. The molecule has 1 saturated carbocycles. The molecule has 2 heteroatoms. The van der Waals surface area contributed by atoms with Crippen LogP contribution in [0.3, 0.4) is 0 Å². The van der Waals surface area contributed by atoms with Gasteiger partial charge in [-0.3, -0.25) is 0 Å². The van der Waals surface area contributed by atoms with E-state index >= 15 is 0 Å². The summed E-state index contributed by atoms with van der Waals surface area (Å²) in [5, 5.41) is 3.74. The molecule has 1 heterocycles. The molecule has 0 unspecified atom stereocenters. The van der Waals surface area contributed by atoms with Crippen LogP contribution in [0.2, 0.25) is 0 Å². The van der Waals surface area contributed by atoms with Crippen molar-refractivity contribution in [3.8, 4) is 0 Å². The Morgan fingerprint density at radius 3 is 2.64 bits per heavy atom. The van der Waals surface area contributed by atoms with Gasteiger partial charge in [-0.25, -0.2) is 0 Å². The Morgan fingerprint density at radius 2 is 1.82 bits per heavy atom. The molecule has 64 valence electrons. The van der Waals surface area contributed by atoms with Crippen molar-refractivity contribution in [1.29, 1.82) is 0 Å². The molecule has 0 aromatic carbocycles. The monoisotopic (exact) mass is 171 g/mol. The predicted molar refractivity (Wildman–Crippen MR) is 51.1 cm³/mol. The summed E-state index contributed by atoms with van der Waals surface area (Å²) in [6.45, 7) is 1.24. The van der Waals surface area contributed by atoms with Gasteiger partial charge in [-0.2, -0.15) is 11.8 Å². The van der Waals surface area contributed by atoms with E-state index in [0.717, 1.165) is 0 Å². The van der Waals surface area contributed by atoms with E-state index in [9.17, 15) is 0 Å². The molecule has 1 N–H and O–H groups in total. The summed E-state index contributed by atoms with van der Waals surface area (Å²) in [7, 11) is 0. The SMILES string of the molecule is C1CCC2(C1)CCSCCN2. The van der Waals surface area contributed by atoms with Crippen LogP contribution in [0.1, 0.15) is 32.1 Å². The van der Waals surface area contributed by atoms with Crippen molar-refractivity contribution in [2.75, 3.05) is 18.1 Å². The summed E-state index contributed by atoms with van der Waals surface area (Å²) in [5.41, 5.74) is 0.587. The summed E-state index contributed by atoms with van der Waals surface area (Å²) in [6.07, 6.45) is 7.20. The molecular formula is C9H17NS. The second-order valence-corrected chi connectivity index (χ2v) is 5.00. The zero-order chi connectivity index (χ0) is 7.57. The normalized spacial score (nSPS) is 30.5. The smallest absolute Gasteiger partial charge is 0.0189 e. The first kappa shape index (κ1) is 7.93. The van der Waals surface area contributed by atoms with Crippen LogP contribution in [0.5, 0.6) is 0 Å². The molecule has 2 fully saturated rings. The number of rotatable bonds is 0. The van der Waals surface area contributed by atoms with Crippen molar-refractivity contribution in [2.45, 2.75) is 37.6 Å². The molecule has 0 atom stereocenters. The van der Waals surface area contributed by atoms with Gasteiger partial charge in [0.1, 0.15) is 0 Å². The third-order valence-electron chi connectivity index (χ3n) is 3.03. The summed E-state index contributed by atoms with van der Waals surface area (Å²) < 4.78 is 0. The lowest BCUT2D eigenvalue weighted by Crippen LogP contribution is -2.42. The molecule has 1 saturated heterocycles. The van der Waals surface area contributed by atoms with Gasteiger partial charge in [-0.1, -0.05) is 12.8 Å². The Morgan fingerprint density at radius 1 is 1.00 bits per heavy atom. The molecule has 11 heavy (non-hydrogen) atoms. The second kappa shape index (κ2) is 3.36. The zero-order valence-electron chi connectivity index (χ0n) is 7.07. The molecule has 1 aliphatic carbocycles. The van der Waals surface area contributed by atoms with Crippen LogP contribution in [-0.2, 0) is 0 Å². The van der Waals surface area contributed by atoms with E-state index in [2.05, 4.69) is 17.1 Å². The van der Waals surface area contributed by atoms with Crippen molar-refractivity contribution >= 4 is 11.8 Å². The quantitative estimate of drug-likeness (QED) is 0.598. The Bertz CT molecular complexity index is 120. The van der Waals surface area contributed by atoms with Crippen molar-refractivity contribution < 1.29 is 0 Å². The lowest BCUT2D eigenvalue weighted by Gasteiger charge is -2.28. The van der Waals surface area contributed by atoms with Gasteiger partial charge in [0.05, 0.1) is 0 Å². The Balaban J connectivity index is 1.97. The van der Waals surface area contributed by atoms with Crippen molar-refractivity contribution in [1.82, 2.24) is 5.32 Å². The molecule has 0 radical (unpaired) electrons. The van der Waals surface area contributed by atoms with Crippen LogP contribution >= 0.6 is 11.8 Å². The first-order chi connectivity index (χ1) is 5.41. The molecule has 0 amide bonds. The van der Waals surface area contributed by atoms with Gasteiger partial charge in [-0.15, -0.1) is 0 Å². The maximum atomic E-state index is 3.74. The van der Waals surface area contributed by atoms with Gasteiger partial charge in [0.15, 0.2) is 0 Å². The molecule has 1 spiro atoms. The fourth-order valence-electron chi connectivity index (χ4n) is 2.32. The highest BCUT2D eigenvalue weighted by atomic mass is 32.2. The Hall–Kier alpha value is 0.310. The third-order valence-corrected chi connectivity index (χ3v) is 4.02. The highest BCUT2D eigenvalue weighted by Crippen LogP contribution is 2.34. The topological polar surface area (TPSA) is 12.0 Å². The molecule has 0 aromatic heterocycles. The zero-order valence-corrected chi connectivity index (χ0v) is 7.88.